The summed E-state index contributed by atoms with van der Waals surface area (Å²) in [5.74, 6) is 0.946. The zero-order valence-electron chi connectivity index (χ0n) is 11.9. The summed E-state index contributed by atoms with van der Waals surface area (Å²) >= 11 is 1.48. The van der Waals surface area contributed by atoms with Crippen LogP contribution in [0, 0.1) is 0 Å². The minimum absolute atomic E-state index is 0.496. The van der Waals surface area contributed by atoms with Gasteiger partial charge in [-0.1, -0.05) is 29.5 Å². The Balaban J connectivity index is 1.48. The maximum absolute atomic E-state index is 5.89. The Morgan fingerprint density at radius 3 is 2.90 bits per heavy atom. The van der Waals surface area contributed by atoms with Crippen LogP contribution in [0.15, 0.2) is 30.3 Å². The minimum Gasteiger partial charge on any atom is -0.492 e. The first-order chi connectivity index (χ1) is 10.3. The highest BCUT2D eigenvalue weighted by atomic mass is 32.1. The number of nitrogens with zero attached hydrogens (tertiary/aromatic N) is 3. The second-order valence-corrected chi connectivity index (χ2v) is 6.33. The predicted octanol–water partition coefficient (Wildman–Crippen LogP) is 2.21. The molecule has 1 fully saturated rings. The van der Waals surface area contributed by atoms with E-state index in [1.54, 1.807) is 0 Å². The van der Waals surface area contributed by atoms with Crippen LogP contribution < -0.4 is 10.5 Å². The number of benzene rings is 1. The molecule has 0 bridgehead atoms. The zero-order chi connectivity index (χ0) is 14.5. The van der Waals surface area contributed by atoms with Crippen LogP contribution in [0.5, 0.6) is 5.75 Å². The van der Waals surface area contributed by atoms with Gasteiger partial charge in [-0.3, -0.25) is 4.90 Å². The molecule has 2 N–H and O–H groups in total. The number of hydrogen-bond donors (Lipinski definition) is 1. The number of nitrogen functional groups attached to an aromatic ring is 1. The second kappa shape index (κ2) is 6.87. The van der Waals surface area contributed by atoms with Gasteiger partial charge in [-0.25, -0.2) is 0 Å². The summed E-state index contributed by atoms with van der Waals surface area (Å²) in [4.78, 5) is 2.49. The molecular weight excluding hydrogens is 284 g/mol. The molecule has 0 radical (unpaired) electrons. The number of ether oxygens (including phenoxy) is 1. The van der Waals surface area contributed by atoms with Crippen LogP contribution in [0.25, 0.3) is 0 Å². The zero-order valence-corrected chi connectivity index (χ0v) is 12.8. The summed E-state index contributed by atoms with van der Waals surface area (Å²) in [6, 6.07) is 10.5. The van der Waals surface area contributed by atoms with E-state index in [1.165, 1.54) is 24.2 Å². The van der Waals surface area contributed by atoms with Crippen LogP contribution >= 0.6 is 11.3 Å². The lowest BCUT2D eigenvalue weighted by atomic mass is 10.2. The quantitative estimate of drug-likeness (QED) is 0.886. The molecule has 0 spiro atoms. The van der Waals surface area contributed by atoms with E-state index < -0.39 is 0 Å². The molecule has 0 saturated carbocycles. The van der Waals surface area contributed by atoms with Crippen molar-refractivity contribution in [2.24, 2.45) is 0 Å². The van der Waals surface area contributed by atoms with Gasteiger partial charge in [0, 0.05) is 19.0 Å². The lowest BCUT2D eigenvalue weighted by Crippen LogP contribution is -2.35. The van der Waals surface area contributed by atoms with E-state index in [2.05, 4.69) is 15.1 Å². The Morgan fingerprint density at radius 1 is 1.29 bits per heavy atom. The highest BCUT2D eigenvalue weighted by Crippen LogP contribution is 2.20. The Morgan fingerprint density at radius 2 is 2.14 bits per heavy atom. The molecular formula is C15H20N4OS. The molecule has 0 unspecified atom stereocenters. The molecule has 3 rings (SSSR count). The first-order valence-electron chi connectivity index (χ1n) is 7.31. The third-order valence-corrected chi connectivity index (χ3v) is 4.59. The predicted molar refractivity (Wildman–Crippen MR) is 84.6 cm³/mol. The normalized spacial score (nSPS) is 19.0. The van der Waals surface area contributed by atoms with Crippen molar-refractivity contribution in [3.8, 4) is 5.75 Å². The van der Waals surface area contributed by atoms with Gasteiger partial charge < -0.3 is 10.5 Å². The number of aromatic nitrogens is 2. The molecule has 5 nitrogen and oxygen atoms in total. The number of hydrogen-bond acceptors (Lipinski definition) is 6. The van der Waals surface area contributed by atoms with Gasteiger partial charge in [0.25, 0.3) is 0 Å². The van der Waals surface area contributed by atoms with E-state index in [0.717, 1.165) is 36.9 Å². The summed E-state index contributed by atoms with van der Waals surface area (Å²) < 4.78 is 5.89. The summed E-state index contributed by atoms with van der Waals surface area (Å²) in [5.41, 5.74) is 5.61. The second-order valence-electron chi connectivity index (χ2n) is 5.24. The summed E-state index contributed by atoms with van der Waals surface area (Å²) in [6.07, 6.45) is 3.35. The monoisotopic (exact) mass is 304 g/mol. The van der Waals surface area contributed by atoms with Crippen molar-refractivity contribution < 1.29 is 4.74 Å². The van der Waals surface area contributed by atoms with E-state index in [0.29, 0.717) is 11.2 Å². The molecule has 0 amide bonds. The topological polar surface area (TPSA) is 64.3 Å². The molecule has 0 aliphatic carbocycles. The van der Waals surface area contributed by atoms with Gasteiger partial charge in [-0.05, 0) is 31.5 Å². The maximum atomic E-state index is 5.89. The Bertz CT molecular complexity index is 560. The van der Waals surface area contributed by atoms with E-state index >= 15 is 0 Å². The molecule has 6 heteroatoms. The van der Waals surface area contributed by atoms with E-state index in [4.69, 9.17) is 10.5 Å². The summed E-state index contributed by atoms with van der Waals surface area (Å²) in [6.45, 7) is 2.89. The van der Waals surface area contributed by atoms with Crippen molar-refractivity contribution in [2.75, 3.05) is 25.4 Å². The molecule has 1 saturated heterocycles. The molecule has 1 aliphatic rings. The standard InChI is InChI=1S/C15H20N4OS/c16-15-18-17-14(21-15)8-10-19-9-4-5-12(19)11-20-13-6-2-1-3-7-13/h1-3,6-7,12H,4-5,8-11H2,(H2,16,18)/t12-/m1/s1. The highest BCUT2D eigenvalue weighted by molar-refractivity contribution is 7.15. The minimum atomic E-state index is 0.496. The molecule has 112 valence electrons. The smallest absolute Gasteiger partial charge is 0.203 e. The van der Waals surface area contributed by atoms with Gasteiger partial charge in [0.1, 0.15) is 17.4 Å². The van der Waals surface area contributed by atoms with Crippen LogP contribution in [0.3, 0.4) is 0 Å². The SMILES string of the molecule is Nc1nnc(CCN2CCC[C@@H]2COc2ccccc2)s1. The average molecular weight is 304 g/mol. The first kappa shape index (κ1) is 14.3. The molecule has 1 atom stereocenters. The van der Waals surface area contributed by atoms with Crippen molar-refractivity contribution in [1.29, 1.82) is 0 Å². The number of nitrogens with two attached hydrogens (primary N) is 1. The third-order valence-electron chi connectivity index (χ3n) is 3.78. The fourth-order valence-electron chi connectivity index (χ4n) is 2.69. The van der Waals surface area contributed by atoms with Gasteiger partial charge in [-0.2, -0.15) is 0 Å². The number of anilines is 1. The number of para-hydroxylation sites is 1. The van der Waals surface area contributed by atoms with Crippen LogP contribution in [-0.2, 0) is 6.42 Å². The fraction of sp³-hybridized carbons (Fsp3) is 0.467. The first-order valence-corrected chi connectivity index (χ1v) is 8.12. The number of rotatable bonds is 6. The van der Waals surface area contributed by atoms with Crippen LogP contribution in [0.2, 0.25) is 0 Å². The van der Waals surface area contributed by atoms with Crippen molar-refractivity contribution in [3.05, 3.63) is 35.3 Å². The largest absolute Gasteiger partial charge is 0.492 e. The Labute approximate surface area is 128 Å². The van der Waals surface area contributed by atoms with Crippen LogP contribution in [0.1, 0.15) is 17.8 Å². The van der Waals surface area contributed by atoms with E-state index in [-0.39, 0.29) is 0 Å². The summed E-state index contributed by atoms with van der Waals surface area (Å²) in [5, 5.41) is 9.51. The Hall–Kier alpha value is -1.66. The van der Waals surface area contributed by atoms with Gasteiger partial charge in [0.15, 0.2) is 0 Å². The van der Waals surface area contributed by atoms with Crippen LogP contribution in [0.4, 0.5) is 5.13 Å². The summed E-state index contributed by atoms with van der Waals surface area (Å²) in [7, 11) is 0. The average Bonchev–Trinajstić information content (AvgIpc) is 3.12. The van der Waals surface area contributed by atoms with Crippen molar-refractivity contribution in [3.63, 3.8) is 0 Å². The molecule has 1 aliphatic heterocycles. The number of likely N-dealkylation sites (tertiary alicyclic amines) is 1. The molecule has 2 aromatic rings. The van der Waals surface area contributed by atoms with Crippen molar-refractivity contribution in [1.82, 2.24) is 15.1 Å². The molecule has 1 aromatic carbocycles. The lowest BCUT2D eigenvalue weighted by molar-refractivity contribution is 0.174. The third kappa shape index (κ3) is 3.92. The van der Waals surface area contributed by atoms with Crippen molar-refractivity contribution in [2.45, 2.75) is 25.3 Å². The van der Waals surface area contributed by atoms with Crippen molar-refractivity contribution >= 4 is 16.5 Å². The van der Waals surface area contributed by atoms with E-state index in [1.807, 2.05) is 30.3 Å². The highest BCUT2D eigenvalue weighted by Gasteiger charge is 2.25. The van der Waals surface area contributed by atoms with Gasteiger partial charge in [-0.15, -0.1) is 10.2 Å². The van der Waals surface area contributed by atoms with Crippen LogP contribution in [-0.4, -0.2) is 40.8 Å². The maximum Gasteiger partial charge on any atom is 0.203 e. The Kier molecular flexibility index (Phi) is 4.67. The molecule has 21 heavy (non-hydrogen) atoms. The van der Waals surface area contributed by atoms with Gasteiger partial charge in [0.2, 0.25) is 5.13 Å². The lowest BCUT2D eigenvalue weighted by Gasteiger charge is -2.24. The fourth-order valence-corrected chi connectivity index (χ4v) is 3.29. The molecule has 2 heterocycles. The van der Waals surface area contributed by atoms with Gasteiger partial charge >= 0.3 is 0 Å². The van der Waals surface area contributed by atoms with Gasteiger partial charge in [0.05, 0.1) is 0 Å². The van der Waals surface area contributed by atoms with E-state index in [9.17, 15) is 0 Å². The molecule has 1 aromatic heterocycles.